The molecule has 2 rings (SSSR count). The number of imidazole rings is 1. The summed E-state index contributed by atoms with van der Waals surface area (Å²) in [6.45, 7) is 5.59. The number of nitrogens with one attached hydrogen (secondary N) is 1. The van der Waals surface area contributed by atoms with E-state index in [9.17, 15) is 4.39 Å². The molecular formula is C12H16FN5. The topological polar surface area (TPSA) is 55.6 Å². The third-order valence-electron chi connectivity index (χ3n) is 2.52. The second-order valence-corrected chi connectivity index (χ2v) is 3.91. The Morgan fingerprint density at radius 3 is 2.83 bits per heavy atom. The van der Waals surface area contributed by atoms with Crippen LogP contribution in [0.2, 0.25) is 0 Å². The molecule has 0 amide bonds. The van der Waals surface area contributed by atoms with E-state index in [0.717, 1.165) is 19.5 Å². The van der Waals surface area contributed by atoms with Crippen LogP contribution in [0.15, 0.2) is 18.7 Å². The predicted molar refractivity (Wildman–Crippen MR) is 67.7 cm³/mol. The van der Waals surface area contributed by atoms with Crippen LogP contribution in [-0.2, 0) is 6.54 Å². The molecule has 0 radical (unpaired) electrons. The smallest absolute Gasteiger partial charge is 0.223 e. The van der Waals surface area contributed by atoms with Crippen LogP contribution in [0.1, 0.15) is 20.3 Å². The molecule has 2 aromatic rings. The minimum atomic E-state index is -0.460. The lowest BCUT2D eigenvalue weighted by molar-refractivity contribution is 0.618. The number of halogens is 1. The van der Waals surface area contributed by atoms with E-state index in [2.05, 4.69) is 20.3 Å². The minimum absolute atomic E-state index is 0.232. The van der Waals surface area contributed by atoms with Gasteiger partial charge in [0.05, 0.1) is 12.5 Å². The highest BCUT2D eigenvalue weighted by Crippen LogP contribution is 2.19. The Morgan fingerprint density at radius 1 is 1.33 bits per heavy atom. The fraction of sp³-hybridized carbons (Fsp3) is 0.417. The quantitative estimate of drug-likeness (QED) is 0.883. The molecule has 0 aliphatic rings. The summed E-state index contributed by atoms with van der Waals surface area (Å²) in [5.41, 5.74) is 0.757. The molecule has 1 N–H and O–H groups in total. The molecule has 0 atom stereocenters. The van der Waals surface area contributed by atoms with Gasteiger partial charge in [0.25, 0.3) is 0 Å². The Balaban J connectivity index is 2.30. The predicted octanol–water partition coefficient (Wildman–Crippen LogP) is 2.32. The molecule has 96 valence electrons. The normalized spacial score (nSPS) is 10.6. The highest BCUT2D eigenvalue weighted by atomic mass is 19.1. The molecule has 0 aliphatic carbocycles. The first-order chi connectivity index (χ1) is 8.74. The lowest BCUT2D eigenvalue weighted by Crippen LogP contribution is -2.05. The molecule has 0 saturated heterocycles. The zero-order valence-electron chi connectivity index (χ0n) is 10.5. The van der Waals surface area contributed by atoms with E-state index in [-0.39, 0.29) is 5.69 Å². The number of hydrogen-bond donors (Lipinski definition) is 1. The second kappa shape index (κ2) is 5.57. The molecule has 6 heteroatoms. The van der Waals surface area contributed by atoms with Crippen LogP contribution in [-0.4, -0.2) is 26.1 Å². The van der Waals surface area contributed by atoms with E-state index in [4.69, 9.17) is 0 Å². The van der Waals surface area contributed by atoms with Gasteiger partial charge in [-0.3, -0.25) is 0 Å². The van der Waals surface area contributed by atoms with Crippen molar-refractivity contribution in [1.82, 2.24) is 19.5 Å². The number of aromatic nitrogens is 4. The number of hydrogen-bond acceptors (Lipinski definition) is 4. The monoisotopic (exact) mass is 249 g/mol. The van der Waals surface area contributed by atoms with Gasteiger partial charge < -0.3 is 9.88 Å². The van der Waals surface area contributed by atoms with Crippen LogP contribution >= 0.6 is 0 Å². The van der Waals surface area contributed by atoms with Crippen molar-refractivity contribution in [2.45, 2.75) is 26.8 Å². The average molecular weight is 249 g/mol. The van der Waals surface area contributed by atoms with Crippen molar-refractivity contribution in [3.63, 3.8) is 0 Å². The minimum Gasteiger partial charge on any atom is -0.354 e. The summed E-state index contributed by atoms with van der Waals surface area (Å²) in [7, 11) is 0. The van der Waals surface area contributed by atoms with Gasteiger partial charge in [-0.05, 0) is 13.3 Å². The van der Waals surface area contributed by atoms with Crippen LogP contribution in [0.25, 0.3) is 11.4 Å². The molecule has 0 spiro atoms. The van der Waals surface area contributed by atoms with Crippen molar-refractivity contribution in [3.05, 3.63) is 24.5 Å². The van der Waals surface area contributed by atoms with Crippen LogP contribution in [0, 0.1) is 5.82 Å². The summed E-state index contributed by atoms with van der Waals surface area (Å²) >= 11 is 0. The summed E-state index contributed by atoms with van der Waals surface area (Å²) in [6, 6.07) is 0. The Labute approximate surface area is 105 Å². The molecule has 2 heterocycles. The summed E-state index contributed by atoms with van der Waals surface area (Å²) in [5.74, 6) is -0.0299. The maximum Gasteiger partial charge on any atom is 0.223 e. The molecule has 5 nitrogen and oxygen atoms in total. The molecule has 0 aliphatic heterocycles. The van der Waals surface area contributed by atoms with Gasteiger partial charge >= 0.3 is 0 Å². The summed E-state index contributed by atoms with van der Waals surface area (Å²) in [5, 5.41) is 3.03. The Morgan fingerprint density at radius 2 is 2.17 bits per heavy atom. The maximum atomic E-state index is 13.7. The summed E-state index contributed by atoms with van der Waals surface area (Å²) < 4.78 is 15.6. The Bertz CT molecular complexity index is 523. The van der Waals surface area contributed by atoms with E-state index in [1.54, 1.807) is 12.5 Å². The zero-order chi connectivity index (χ0) is 13.0. The maximum absolute atomic E-state index is 13.7. The summed E-state index contributed by atoms with van der Waals surface area (Å²) in [6.07, 6.45) is 5.57. The molecule has 18 heavy (non-hydrogen) atoms. The van der Waals surface area contributed by atoms with Gasteiger partial charge in [0, 0.05) is 19.3 Å². The third-order valence-corrected chi connectivity index (χ3v) is 2.52. The lowest BCUT2D eigenvalue weighted by atomic mass is 10.3. The first-order valence-corrected chi connectivity index (χ1v) is 6.03. The third kappa shape index (κ3) is 2.64. The average Bonchev–Trinajstić information content (AvgIpc) is 2.86. The largest absolute Gasteiger partial charge is 0.354 e. The van der Waals surface area contributed by atoms with Crippen LogP contribution < -0.4 is 5.32 Å². The van der Waals surface area contributed by atoms with Gasteiger partial charge in [-0.25, -0.2) is 19.3 Å². The highest BCUT2D eigenvalue weighted by Gasteiger charge is 2.11. The zero-order valence-corrected chi connectivity index (χ0v) is 10.5. The Kier molecular flexibility index (Phi) is 3.86. The number of anilines is 1. The summed E-state index contributed by atoms with van der Waals surface area (Å²) in [4.78, 5) is 12.2. The van der Waals surface area contributed by atoms with Crippen molar-refractivity contribution in [2.24, 2.45) is 0 Å². The SMILES string of the molecule is CCCNc1ncc(F)c(-c2cn(CC)cn2)n1. The van der Waals surface area contributed by atoms with E-state index < -0.39 is 5.82 Å². The van der Waals surface area contributed by atoms with Crippen molar-refractivity contribution in [1.29, 1.82) is 0 Å². The number of aryl methyl sites for hydroxylation is 1. The van der Waals surface area contributed by atoms with E-state index >= 15 is 0 Å². The fourth-order valence-corrected chi connectivity index (χ4v) is 1.52. The fourth-order valence-electron chi connectivity index (χ4n) is 1.52. The molecule has 0 unspecified atom stereocenters. The first-order valence-electron chi connectivity index (χ1n) is 6.03. The van der Waals surface area contributed by atoms with Crippen molar-refractivity contribution < 1.29 is 4.39 Å². The van der Waals surface area contributed by atoms with Gasteiger partial charge in [0.2, 0.25) is 5.95 Å². The van der Waals surface area contributed by atoms with Gasteiger partial charge in [0.1, 0.15) is 11.4 Å². The standard InChI is InChI=1S/C12H16FN5/c1-3-5-14-12-15-6-9(13)11(17-12)10-7-18(4-2)8-16-10/h6-8H,3-5H2,1-2H3,(H,14,15,17). The number of rotatable bonds is 5. The van der Waals surface area contributed by atoms with Crippen LogP contribution in [0.3, 0.4) is 0 Å². The molecular weight excluding hydrogens is 233 g/mol. The van der Waals surface area contributed by atoms with E-state index in [0.29, 0.717) is 11.6 Å². The van der Waals surface area contributed by atoms with Crippen molar-refractivity contribution in [2.75, 3.05) is 11.9 Å². The van der Waals surface area contributed by atoms with Gasteiger partial charge in [-0.2, -0.15) is 0 Å². The second-order valence-electron chi connectivity index (χ2n) is 3.91. The van der Waals surface area contributed by atoms with Crippen molar-refractivity contribution >= 4 is 5.95 Å². The van der Waals surface area contributed by atoms with E-state index in [1.165, 1.54) is 6.20 Å². The molecule has 0 saturated carbocycles. The molecule has 0 fully saturated rings. The van der Waals surface area contributed by atoms with Gasteiger partial charge in [-0.1, -0.05) is 6.92 Å². The molecule has 2 aromatic heterocycles. The van der Waals surface area contributed by atoms with E-state index in [1.807, 2.05) is 18.4 Å². The molecule has 0 aromatic carbocycles. The lowest BCUT2D eigenvalue weighted by Gasteiger charge is -2.04. The number of nitrogens with zero attached hydrogens (tertiary/aromatic N) is 4. The highest BCUT2D eigenvalue weighted by molar-refractivity contribution is 5.55. The van der Waals surface area contributed by atoms with Crippen molar-refractivity contribution in [3.8, 4) is 11.4 Å². The Hall–Kier alpha value is -1.98. The van der Waals surface area contributed by atoms with Crippen LogP contribution in [0.4, 0.5) is 10.3 Å². The van der Waals surface area contributed by atoms with Crippen LogP contribution in [0.5, 0.6) is 0 Å². The van der Waals surface area contributed by atoms with Gasteiger partial charge in [-0.15, -0.1) is 0 Å². The first kappa shape index (κ1) is 12.5. The van der Waals surface area contributed by atoms with Gasteiger partial charge in [0.15, 0.2) is 5.82 Å². The molecule has 0 bridgehead atoms.